The Kier molecular flexibility index (Phi) is 5.89. The second-order valence-electron chi connectivity index (χ2n) is 8.88. The number of nitrogens with two attached hydrogens (primary N) is 1. The van der Waals surface area contributed by atoms with E-state index in [4.69, 9.17) is 10.5 Å². The third-order valence-corrected chi connectivity index (χ3v) is 6.66. The Morgan fingerprint density at radius 2 is 1.94 bits per heavy atom. The van der Waals surface area contributed by atoms with Crippen molar-refractivity contribution in [2.24, 2.45) is 0 Å². The molecule has 1 saturated heterocycles. The van der Waals surface area contributed by atoms with Crippen molar-refractivity contribution < 1.29 is 9.13 Å². The third kappa shape index (κ3) is 4.38. The molecule has 3 aromatic rings. The predicted molar refractivity (Wildman–Crippen MR) is 124 cm³/mol. The topological polar surface area (TPSA) is 89.2 Å². The number of aromatic nitrogens is 3. The largest absolute Gasteiger partial charge is 0.395 e. The average Bonchev–Trinajstić information content (AvgIpc) is 2.81. The van der Waals surface area contributed by atoms with Crippen LogP contribution >= 0.6 is 0 Å². The number of fused-ring (bicyclic) bond motifs is 1. The van der Waals surface area contributed by atoms with Crippen LogP contribution in [-0.4, -0.2) is 57.7 Å². The van der Waals surface area contributed by atoms with Crippen LogP contribution in [0.5, 0.6) is 0 Å². The molecule has 5 rings (SSSR count). The van der Waals surface area contributed by atoms with Crippen LogP contribution in [0.1, 0.15) is 32.6 Å². The number of nitrogens with zero attached hydrogens (tertiary/aromatic N) is 4. The zero-order chi connectivity index (χ0) is 22.1. The van der Waals surface area contributed by atoms with Gasteiger partial charge in [-0.1, -0.05) is 6.07 Å². The van der Waals surface area contributed by atoms with Gasteiger partial charge >= 0.3 is 0 Å². The van der Waals surface area contributed by atoms with Crippen LogP contribution in [-0.2, 0) is 4.74 Å². The second-order valence-corrected chi connectivity index (χ2v) is 8.88. The first-order valence-electron chi connectivity index (χ1n) is 11.3. The van der Waals surface area contributed by atoms with E-state index >= 15 is 0 Å². The van der Waals surface area contributed by atoms with Gasteiger partial charge in [-0.3, -0.25) is 4.90 Å². The van der Waals surface area contributed by atoms with Gasteiger partial charge in [0.25, 0.3) is 0 Å². The van der Waals surface area contributed by atoms with E-state index in [0.29, 0.717) is 18.2 Å². The first-order chi connectivity index (χ1) is 15.6. The molecule has 168 valence electrons. The Hall–Kier alpha value is -2.84. The molecule has 8 heteroatoms. The van der Waals surface area contributed by atoms with Crippen molar-refractivity contribution in [3.63, 3.8) is 0 Å². The Morgan fingerprint density at radius 3 is 2.72 bits per heavy atom. The highest BCUT2D eigenvalue weighted by molar-refractivity contribution is 5.92. The van der Waals surface area contributed by atoms with Crippen molar-refractivity contribution in [3.05, 3.63) is 42.7 Å². The van der Waals surface area contributed by atoms with Crippen LogP contribution in [0.15, 0.2) is 36.8 Å². The number of nitrogens with one attached hydrogen (secondary N) is 1. The number of hydrogen-bond acceptors (Lipinski definition) is 7. The lowest BCUT2D eigenvalue weighted by atomic mass is 9.89. The van der Waals surface area contributed by atoms with Crippen LogP contribution in [0.3, 0.4) is 0 Å². The molecule has 0 unspecified atom stereocenters. The SMILES string of the molecule is C[C@@H]1CN([C@H]2CC[C@H](Nc3ncnc4ccc(-c5cnc(F)c(N)c5)cc34)CC2)CCO1. The van der Waals surface area contributed by atoms with Gasteiger partial charge < -0.3 is 15.8 Å². The third-order valence-electron chi connectivity index (χ3n) is 6.66. The molecule has 0 amide bonds. The van der Waals surface area contributed by atoms with Crippen molar-refractivity contribution in [3.8, 4) is 11.1 Å². The van der Waals surface area contributed by atoms with Gasteiger partial charge in [-0.25, -0.2) is 15.0 Å². The number of halogens is 1. The number of hydrogen-bond donors (Lipinski definition) is 2. The summed E-state index contributed by atoms with van der Waals surface area (Å²) < 4.78 is 19.2. The maximum atomic E-state index is 13.5. The summed E-state index contributed by atoms with van der Waals surface area (Å²) in [4.78, 5) is 15.3. The van der Waals surface area contributed by atoms with Crippen LogP contribution in [0.25, 0.3) is 22.0 Å². The highest BCUT2D eigenvalue weighted by Gasteiger charge is 2.29. The Labute approximate surface area is 187 Å². The van der Waals surface area contributed by atoms with Crippen molar-refractivity contribution in [1.29, 1.82) is 0 Å². The quantitative estimate of drug-likeness (QED) is 0.601. The van der Waals surface area contributed by atoms with Crippen LogP contribution < -0.4 is 11.1 Å². The van der Waals surface area contributed by atoms with Crippen LogP contribution in [0.4, 0.5) is 15.9 Å². The van der Waals surface area contributed by atoms with Crippen molar-refractivity contribution >= 4 is 22.4 Å². The van der Waals surface area contributed by atoms with E-state index in [1.54, 1.807) is 12.4 Å². The normalized spacial score (nSPS) is 24.5. The van der Waals surface area contributed by atoms with Crippen molar-refractivity contribution in [2.45, 2.75) is 50.8 Å². The Bertz CT molecular complexity index is 1100. The second kappa shape index (κ2) is 8.96. The number of ether oxygens (including phenoxy) is 1. The van der Waals surface area contributed by atoms with E-state index < -0.39 is 5.95 Å². The molecular formula is C24H29FN6O. The summed E-state index contributed by atoms with van der Waals surface area (Å²) in [7, 11) is 0. The van der Waals surface area contributed by atoms with Gasteiger partial charge in [0, 0.05) is 42.3 Å². The molecule has 2 aromatic heterocycles. The van der Waals surface area contributed by atoms with Gasteiger partial charge in [-0.2, -0.15) is 4.39 Å². The summed E-state index contributed by atoms with van der Waals surface area (Å²) in [6.07, 6.45) is 8.01. The maximum Gasteiger partial charge on any atom is 0.236 e. The van der Waals surface area contributed by atoms with E-state index in [0.717, 1.165) is 60.4 Å². The standard InChI is InChI=1S/C24H29FN6O/c1-15-13-31(8-9-32-15)19-5-3-18(4-6-19)30-24-20-10-16(2-7-22(20)28-14-29-24)17-11-21(26)23(25)27-12-17/h2,7,10-12,14-15,18-19H,3-6,8-9,13,26H2,1H3,(H,28,29,30)/t15-,18-,19-/m1/s1. The molecule has 1 aliphatic heterocycles. The fraction of sp³-hybridized carbons (Fsp3) is 0.458. The summed E-state index contributed by atoms with van der Waals surface area (Å²) in [5.74, 6) is 0.186. The van der Waals surface area contributed by atoms with Gasteiger partial charge in [-0.15, -0.1) is 0 Å². The first kappa shape index (κ1) is 21.0. The average molecular weight is 437 g/mol. The molecule has 32 heavy (non-hydrogen) atoms. The van der Waals surface area contributed by atoms with Crippen molar-refractivity contribution in [1.82, 2.24) is 19.9 Å². The molecule has 1 atom stereocenters. The number of pyridine rings is 1. The minimum absolute atomic E-state index is 0.0386. The van der Waals surface area contributed by atoms with E-state index in [2.05, 4.69) is 32.1 Å². The summed E-state index contributed by atoms with van der Waals surface area (Å²) in [6.45, 7) is 5.06. The lowest BCUT2D eigenvalue weighted by Gasteiger charge is -2.40. The highest BCUT2D eigenvalue weighted by atomic mass is 19.1. The minimum atomic E-state index is -0.651. The molecule has 7 nitrogen and oxygen atoms in total. The molecule has 1 aliphatic carbocycles. The van der Waals surface area contributed by atoms with Crippen LogP contribution in [0.2, 0.25) is 0 Å². The molecule has 1 saturated carbocycles. The van der Waals surface area contributed by atoms with E-state index in [1.807, 2.05) is 18.2 Å². The van der Waals surface area contributed by atoms with Gasteiger partial charge in [0.05, 0.1) is 23.9 Å². The van der Waals surface area contributed by atoms with E-state index in [9.17, 15) is 4.39 Å². The van der Waals surface area contributed by atoms with E-state index in [-0.39, 0.29) is 5.69 Å². The summed E-state index contributed by atoms with van der Waals surface area (Å²) in [5, 5.41) is 4.60. The molecule has 0 radical (unpaired) electrons. The number of benzene rings is 1. The smallest absolute Gasteiger partial charge is 0.236 e. The zero-order valence-corrected chi connectivity index (χ0v) is 18.3. The number of rotatable bonds is 4. The van der Waals surface area contributed by atoms with Gasteiger partial charge in [-0.05, 0) is 56.4 Å². The molecule has 2 aliphatic rings. The molecule has 3 heterocycles. The van der Waals surface area contributed by atoms with E-state index in [1.165, 1.54) is 19.0 Å². The summed E-state index contributed by atoms with van der Waals surface area (Å²) in [5.41, 5.74) is 8.28. The number of morpholine rings is 1. The highest BCUT2D eigenvalue weighted by Crippen LogP contribution is 2.31. The van der Waals surface area contributed by atoms with Gasteiger partial charge in [0.2, 0.25) is 5.95 Å². The number of anilines is 2. The first-order valence-corrected chi connectivity index (χ1v) is 11.3. The molecule has 0 spiro atoms. The summed E-state index contributed by atoms with van der Waals surface area (Å²) in [6, 6.07) is 8.55. The molecule has 2 fully saturated rings. The lowest BCUT2D eigenvalue weighted by Crippen LogP contribution is -2.48. The molecule has 0 bridgehead atoms. The maximum absolute atomic E-state index is 13.5. The lowest BCUT2D eigenvalue weighted by molar-refractivity contribution is -0.0396. The monoisotopic (exact) mass is 436 g/mol. The zero-order valence-electron chi connectivity index (χ0n) is 18.3. The minimum Gasteiger partial charge on any atom is -0.395 e. The molecule has 3 N–H and O–H groups in total. The van der Waals surface area contributed by atoms with Gasteiger partial charge in [0.1, 0.15) is 12.1 Å². The Balaban J connectivity index is 1.31. The predicted octanol–water partition coefficient (Wildman–Crippen LogP) is 3.86. The Morgan fingerprint density at radius 1 is 1.09 bits per heavy atom. The molecule has 1 aromatic carbocycles. The van der Waals surface area contributed by atoms with Crippen molar-refractivity contribution in [2.75, 3.05) is 30.7 Å². The fourth-order valence-corrected chi connectivity index (χ4v) is 4.93. The number of nitrogen functional groups attached to an aromatic ring is 1. The summed E-state index contributed by atoms with van der Waals surface area (Å²) >= 11 is 0. The fourth-order valence-electron chi connectivity index (χ4n) is 4.93. The molecular weight excluding hydrogens is 407 g/mol. The van der Waals surface area contributed by atoms with Crippen LogP contribution in [0, 0.1) is 5.95 Å². The van der Waals surface area contributed by atoms with Gasteiger partial charge in [0.15, 0.2) is 0 Å².